The molecule has 2 aromatic rings. The van der Waals surface area contributed by atoms with Crippen LogP contribution < -0.4 is 16.4 Å². The monoisotopic (exact) mass is 359 g/mol. The third-order valence-corrected chi connectivity index (χ3v) is 4.25. The SMILES string of the molecule is CC(NC(=O)Cc1ccc(N)cc1)c1ccc2c(c1)CCC(=O)N2.Cl. The maximum absolute atomic E-state index is 12.2. The summed E-state index contributed by atoms with van der Waals surface area (Å²) in [5.41, 5.74) is 10.3. The lowest BCUT2D eigenvalue weighted by atomic mass is 9.97. The molecule has 0 fully saturated rings. The molecule has 0 saturated carbocycles. The number of rotatable bonds is 4. The number of benzene rings is 2. The minimum atomic E-state index is -0.0887. The van der Waals surface area contributed by atoms with Crippen LogP contribution >= 0.6 is 12.4 Å². The van der Waals surface area contributed by atoms with Crippen molar-refractivity contribution in [1.82, 2.24) is 5.32 Å². The van der Waals surface area contributed by atoms with Crippen molar-refractivity contribution in [3.8, 4) is 0 Å². The molecule has 1 heterocycles. The molecule has 0 aliphatic carbocycles. The molecule has 0 radical (unpaired) electrons. The number of hydrogen-bond donors (Lipinski definition) is 3. The molecule has 0 saturated heterocycles. The molecular weight excluding hydrogens is 338 g/mol. The molecule has 1 aliphatic rings. The highest BCUT2D eigenvalue weighted by Crippen LogP contribution is 2.26. The number of halogens is 1. The molecule has 2 amide bonds. The Morgan fingerprint density at radius 2 is 1.92 bits per heavy atom. The molecule has 4 N–H and O–H groups in total. The van der Waals surface area contributed by atoms with Crippen molar-refractivity contribution in [3.63, 3.8) is 0 Å². The number of amides is 2. The summed E-state index contributed by atoms with van der Waals surface area (Å²) in [7, 11) is 0. The van der Waals surface area contributed by atoms with E-state index >= 15 is 0 Å². The molecule has 0 bridgehead atoms. The van der Waals surface area contributed by atoms with Crippen LogP contribution in [0.2, 0.25) is 0 Å². The van der Waals surface area contributed by atoms with Crippen molar-refractivity contribution in [1.29, 1.82) is 0 Å². The van der Waals surface area contributed by atoms with Crippen molar-refractivity contribution >= 4 is 35.6 Å². The fraction of sp³-hybridized carbons (Fsp3) is 0.263. The van der Waals surface area contributed by atoms with Crippen LogP contribution in [0.4, 0.5) is 11.4 Å². The lowest BCUT2D eigenvalue weighted by molar-refractivity contribution is -0.121. The second-order valence-electron chi connectivity index (χ2n) is 6.17. The van der Waals surface area contributed by atoms with Crippen molar-refractivity contribution in [2.75, 3.05) is 11.1 Å². The summed E-state index contributed by atoms with van der Waals surface area (Å²) in [5.74, 6) is 0.0263. The van der Waals surface area contributed by atoms with Gasteiger partial charge in [0.2, 0.25) is 11.8 Å². The van der Waals surface area contributed by atoms with E-state index in [4.69, 9.17) is 5.73 Å². The Morgan fingerprint density at radius 3 is 2.64 bits per heavy atom. The minimum Gasteiger partial charge on any atom is -0.399 e. The quantitative estimate of drug-likeness (QED) is 0.734. The normalized spacial score (nSPS) is 13.9. The van der Waals surface area contributed by atoms with Crippen LogP contribution in [0.25, 0.3) is 0 Å². The summed E-state index contributed by atoms with van der Waals surface area (Å²) in [5, 5.41) is 5.88. The molecule has 0 spiro atoms. The summed E-state index contributed by atoms with van der Waals surface area (Å²) < 4.78 is 0. The van der Waals surface area contributed by atoms with Crippen LogP contribution in [0.5, 0.6) is 0 Å². The predicted octanol–water partition coefficient (Wildman–Crippen LogP) is 3.00. The van der Waals surface area contributed by atoms with Crippen LogP contribution in [-0.4, -0.2) is 11.8 Å². The summed E-state index contributed by atoms with van der Waals surface area (Å²) in [6.45, 7) is 1.96. The van der Waals surface area contributed by atoms with Crippen molar-refractivity contribution in [3.05, 3.63) is 59.2 Å². The molecule has 25 heavy (non-hydrogen) atoms. The van der Waals surface area contributed by atoms with Crippen molar-refractivity contribution < 1.29 is 9.59 Å². The number of fused-ring (bicyclic) bond motifs is 1. The topological polar surface area (TPSA) is 84.2 Å². The Hall–Kier alpha value is -2.53. The number of anilines is 2. The van der Waals surface area contributed by atoms with Gasteiger partial charge in [0, 0.05) is 17.8 Å². The standard InChI is InChI=1S/C19H21N3O2.ClH/c1-12(21-19(24)10-13-2-6-16(20)7-3-13)14-4-8-17-15(11-14)5-9-18(23)22-17;/h2-4,6-8,11-12H,5,9-10,20H2,1H3,(H,21,24)(H,22,23);1H. The van der Waals surface area contributed by atoms with Gasteiger partial charge in [0.25, 0.3) is 0 Å². The first-order chi connectivity index (χ1) is 11.5. The first-order valence-electron chi connectivity index (χ1n) is 8.08. The summed E-state index contributed by atoms with van der Waals surface area (Å²) in [4.78, 5) is 23.6. The number of nitrogen functional groups attached to an aromatic ring is 1. The summed E-state index contributed by atoms with van der Waals surface area (Å²) in [6.07, 6.45) is 1.57. The van der Waals surface area contributed by atoms with Gasteiger partial charge in [0.05, 0.1) is 12.5 Å². The molecule has 1 unspecified atom stereocenters. The smallest absolute Gasteiger partial charge is 0.224 e. The molecule has 1 atom stereocenters. The van der Waals surface area contributed by atoms with E-state index in [-0.39, 0.29) is 30.3 Å². The fourth-order valence-electron chi connectivity index (χ4n) is 2.87. The van der Waals surface area contributed by atoms with E-state index in [1.165, 1.54) is 0 Å². The van der Waals surface area contributed by atoms with Gasteiger partial charge in [-0.2, -0.15) is 0 Å². The highest BCUT2D eigenvalue weighted by atomic mass is 35.5. The minimum absolute atomic E-state index is 0. The number of nitrogens with one attached hydrogen (secondary N) is 2. The zero-order chi connectivity index (χ0) is 17.1. The molecule has 6 heteroatoms. The number of hydrogen-bond acceptors (Lipinski definition) is 3. The van der Waals surface area contributed by atoms with E-state index in [9.17, 15) is 9.59 Å². The lowest BCUT2D eigenvalue weighted by Crippen LogP contribution is -2.28. The van der Waals surface area contributed by atoms with Gasteiger partial charge >= 0.3 is 0 Å². The van der Waals surface area contributed by atoms with Gasteiger partial charge in [-0.3, -0.25) is 9.59 Å². The van der Waals surface area contributed by atoms with Gasteiger partial charge in [-0.25, -0.2) is 0 Å². The maximum Gasteiger partial charge on any atom is 0.224 e. The second kappa shape index (κ2) is 8.03. The fourth-order valence-corrected chi connectivity index (χ4v) is 2.87. The van der Waals surface area contributed by atoms with Gasteiger partial charge in [0.15, 0.2) is 0 Å². The Labute approximate surface area is 153 Å². The third-order valence-electron chi connectivity index (χ3n) is 4.25. The largest absolute Gasteiger partial charge is 0.399 e. The first-order valence-corrected chi connectivity index (χ1v) is 8.08. The average molecular weight is 360 g/mol. The number of aryl methyl sites for hydroxylation is 1. The van der Waals surface area contributed by atoms with E-state index in [1.54, 1.807) is 12.1 Å². The van der Waals surface area contributed by atoms with Gasteiger partial charge < -0.3 is 16.4 Å². The average Bonchev–Trinajstić information content (AvgIpc) is 2.56. The van der Waals surface area contributed by atoms with E-state index < -0.39 is 0 Å². The number of carbonyl (C=O) groups excluding carboxylic acids is 2. The van der Waals surface area contributed by atoms with Crippen molar-refractivity contribution in [2.24, 2.45) is 0 Å². The van der Waals surface area contributed by atoms with Crippen LogP contribution in [-0.2, 0) is 22.4 Å². The van der Waals surface area contributed by atoms with Gasteiger partial charge in [-0.1, -0.05) is 24.3 Å². The molecule has 1 aliphatic heterocycles. The van der Waals surface area contributed by atoms with E-state index in [2.05, 4.69) is 16.7 Å². The first kappa shape index (κ1) is 18.8. The third kappa shape index (κ3) is 4.73. The van der Waals surface area contributed by atoms with Crippen LogP contribution in [0.3, 0.4) is 0 Å². The van der Waals surface area contributed by atoms with Gasteiger partial charge in [-0.15, -0.1) is 12.4 Å². The Kier molecular flexibility index (Phi) is 6.04. The molecule has 2 aromatic carbocycles. The number of nitrogens with two attached hydrogens (primary N) is 1. The predicted molar refractivity (Wildman–Crippen MR) is 102 cm³/mol. The zero-order valence-electron chi connectivity index (χ0n) is 14.0. The summed E-state index contributed by atoms with van der Waals surface area (Å²) in [6, 6.07) is 13.1. The molecule has 132 valence electrons. The van der Waals surface area contributed by atoms with Crippen LogP contribution in [0.1, 0.15) is 36.1 Å². The molecule has 0 aromatic heterocycles. The maximum atomic E-state index is 12.2. The Balaban J connectivity index is 0.00000225. The van der Waals surface area contributed by atoms with Gasteiger partial charge in [-0.05, 0) is 48.2 Å². The zero-order valence-corrected chi connectivity index (χ0v) is 14.9. The highest BCUT2D eigenvalue weighted by molar-refractivity contribution is 5.93. The molecule has 3 rings (SSSR count). The highest BCUT2D eigenvalue weighted by Gasteiger charge is 2.17. The van der Waals surface area contributed by atoms with Crippen molar-refractivity contribution in [2.45, 2.75) is 32.2 Å². The second-order valence-corrected chi connectivity index (χ2v) is 6.17. The Morgan fingerprint density at radius 1 is 1.20 bits per heavy atom. The summed E-state index contributed by atoms with van der Waals surface area (Å²) >= 11 is 0. The number of carbonyl (C=O) groups is 2. The molecular formula is C19H22ClN3O2. The van der Waals surface area contributed by atoms with Crippen LogP contribution in [0, 0.1) is 0 Å². The van der Waals surface area contributed by atoms with E-state index in [0.717, 1.165) is 28.8 Å². The lowest BCUT2D eigenvalue weighted by Gasteiger charge is -2.20. The molecule has 5 nitrogen and oxygen atoms in total. The Bertz CT molecular complexity index is 775. The van der Waals surface area contributed by atoms with Crippen LogP contribution in [0.15, 0.2) is 42.5 Å². The van der Waals surface area contributed by atoms with E-state index in [0.29, 0.717) is 18.5 Å². The van der Waals surface area contributed by atoms with E-state index in [1.807, 2.05) is 31.2 Å². The van der Waals surface area contributed by atoms with Gasteiger partial charge in [0.1, 0.15) is 0 Å².